The van der Waals surface area contributed by atoms with Crippen LogP contribution in [0.2, 0.25) is 0 Å². The fourth-order valence-corrected chi connectivity index (χ4v) is 2.71. The third-order valence-electron chi connectivity index (χ3n) is 3.95. The van der Waals surface area contributed by atoms with Crippen LogP contribution >= 0.6 is 12.4 Å². The summed E-state index contributed by atoms with van der Waals surface area (Å²) in [6.07, 6.45) is 1.11. The number of nitrogens with two attached hydrogens (primary N) is 1. The molecule has 0 aliphatic heterocycles. The molecule has 2 rings (SSSR count). The minimum atomic E-state index is 0. The van der Waals surface area contributed by atoms with E-state index in [9.17, 15) is 4.79 Å². The number of carbonyl (C=O) groups excluding carboxylic acids is 1. The van der Waals surface area contributed by atoms with Gasteiger partial charge in [0.05, 0.1) is 6.04 Å². The van der Waals surface area contributed by atoms with Crippen molar-refractivity contribution in [1.82, 2.24) is 5.32 Å². The Morgan fingerprint density at radius 1 is 1.17 bits per heavy atom. The second-order valence-corrected chi connectivity index (χ2v) is 5.85. The molecule has 0 aromatic heterocycles. The first kappa shape index (κ1) is 19.0. The van der Waals surface area contributed by atoms with E-state index in [-0.39, 0.29) is 24.4 Å². The molecule has 2 aromatic rings. The molecule has 0 aliphatic carbocycles. The Labute approximate surface area is 144 Å². The van der Waals surface area contributed by atoms with Gasteiger partial charge in [0.2, 0.25) is 5.91 Å². The van der Waals surface area contributed by atoms with Gasteiger partial charge in [-0.3, -0.25) is 4.79 Å². The quantitative estimate of drug-likeness (QED) is 0.809. The molecule has 2 aromatic carbocycles. The summed E-state index contributed by atoms with van der Waals surface area (Å²) in [7, 11) is 0. The molecule has 1 atom stereocenters. The van der Waals surface area contributed by atoms with Gasteiger partial charge in [0.15, 0.2) is 0 Å². The minimum Gasteiger partial charge on any atom is -0.399 e. The Morgan fingerprint density at radius 3 is 2.52 bits per heavy atom. The number of hydrogen-bond donors (Lipinski definition) is 2. The maximum atomic E-state index is 12.1. The predicted octanol–water partition coefficient (Wildman–Crippen LogP) is 4.12. The van der Waals surface area contributed by atoms with Crippen molar-refractivity contribution in [2.75, 3.05) is 5.73 Å². The number of halogens is 1. The van der Waals surface area contributed by atoms with Crippen molar-refractivity contribution < 1.29 is 4.79 Å². The van der Waals surface area contributed by atoms with Gasteiger partial charge >= 0.3 is 0 Å². The van der Waals surface area contributed by atoms with Gasteiger partial charge in [0, 0.05) is 12.1 Å². The SMILES string of the molecule is Cc1ccc(C(C)NC(=O)CCc2ccccc2N)c(C)c1.Cl. The van der Waals surface area contributed by atoms with Crippen LogP contribution in [0.25, 0.3) is 0 Å². The summed E-state index contributed by atoms with van der Waals surface area (Å²) in [5.41, 5.74) is 11.3. The van der Waals surface area contributed by atoms with Crippen LogP contribution in [0.3, 0.4) is 0 Å². The lowest BCUT2D eigenvalue weighted by molar-refractivity contribution is -0.121. The van der Waals surface area contributed by atoms with Crippen molar-refractivity contribution in [1.29, 1.82) is 0 Å². The van der Waals surface area contributed by atoms with Crippen molar-refractivity contribution in [2.45, 2.75) is 39.7 Å². The van der Waals surface area contributed by atoms with E-state index in [4.69, 9.17) is 5.73 Å². The van der Waals surface area contributed by atoms with Crippen molar-refractivity contribution >= 4 is 24.0 Å². The standard InChI is InChI=1S/C19H24N2O.ClH/c1-13-8-10-17(14(2)12-13)15(3)21-19(22)11-9-16-6-4-5-7-18(16)20;/h4-8,10,12,15H,9,11,20H2,1-3H3,(H,21,22);1H. The molecule has 0 aliphatic rings. The highest BCUT2D eigenvalue weighted by molar-refractivity contribution is 5.85. The van der Waals surface area contributed by atoms with Crippen LogP contribution in [-0.4, -0.2) is 5.91 Å². The molecule has 124 valence electrons. The molecule has 0 bridgehead atoms. The summed E-state index contributed by atoms with van der Waals surface area (Å²) in [5.74, 6) is 0.0516. The molecule has 1 unspecified atom stereocenters. The largest absolute Gasteiger partial charge is 0.399 e. The molecule has 0 radical (unpaired) electrons. The van der Waals surface area contributed by atoms with Gasteiger partial charge in [-0.05, 0) is 49.9 Å². The van der Waals surface area contributed by atoms with Gasteiger partial charge in [0.25, 0.3) is 0 Å². The lowest BCUT2D eigenvalue weighted by atomic mass is 10.00. The number of benzene rings is 2. The van der Waals surface area contributed by atoms with Crippen molar-refractivity contribution in [3.8, 4) is 0 Å². The van der Waals surface area contributed by atoms with E-state index >= 15 is 0 Å². The van der Waals surface area contributed by atoms with Crippen molar-refractivity contribution in [2.24, 2.45) is 0 Å². The first-order valence-corrected chi connectivity index (χ1v) is 7.67. The summed E-state index contributed by atoms with van der Waals surface area (Å²) >= 11 is 0. The number of hydrogen-bond acceptors (Lipinski definition) is 2. The number of amides is 1. The zero-order valence-corrected chi connectivity index (χ0v) is 14.7. The second kappa shape index (κ2) is 8.59. The molecule has 3 nitrogen and oxygen atoms in total. The molecule has 0 saturated carbocycles. The van der Waals surface area contributed by atoms with Crippen LogP contribution < -0.4 is 11.1 Å². The van der Waals surface area contributed by atoms with Crippen LogP contribution in [0.1, 0.15) is 41.6 Å². The second-order valence-electron chi connectivity index (χ2n) is 5.85. The number of anilines is 1. The van der Waals surface area contributed by atoms with Gasteiger partial charge in [-0.15, -0.1) is 12.4 Å². The van der Waals surface area contributed by atoms with E-state index in [0.29, 0.717) is 12.8 Å². The van der Waals surface area contributed by atoms with Gasteiger partial charge in [0.1, 0.15) is 0 Å². The molecule has 23 heavy (non-hydrogen) atoms. The molecule has 3 N–H and O–H groups in total. The van der Waals surface area contributed by atoms with Crippen molar-refractivity contribution in [3.63, 3.8) is 0 Å². The highest BCUT2D eigenvalue weighted by Gasteiger charge is 2.12. The predicted molar refractivity (Wildman–Crippen MR) is 98.9 cm³/mol. The maximum Gasteiger partial charge on any atom is 0.220 e. The smallest absolute Gasteiger partial charge is 0.220 e. The summed E-state index contributed by atoms with van der Waals surface area (Å²) in [4.78, 5) is 12.1. The highest BCUT2D eigenvalue weighted by Crippen LogP contribution is 2.19. The normalized spacial score (nSPS) is 11.4. The van der Waals surface area contributed by atoms with E-state index in [0.717, 1.165) is 16.8 Å². The third kappa shape index (κ3) is 5.29. The summed E-state index contributed by atoms with van der Waals surface area (Å²) in [5, 5.41) is 3.07. The molecule has 1 amide bonds. The first-order chi connectivity index (χ1) is 10.5. The topological polar surface area (TPSA) is 55.1 Å². The number of aryl methyl sites for hydroxylation is 3. The minimum absolute atomic E-state index is 0. The fraction of sp³-hybridized carbons (Fsp3) is 0.316. The van der Waals surface area contributed by atoms with Gasteiger partial charge in [-0.25, -0.2) is 0 Å². The molecule has 0 heterocycles. The molecule has 0 fully saturated rings. The zero-order valence-electron chi connectivity index (χ0n) is 13.9. The summed E-state index contributed by atoms with van der Waals surface area (Å²) in [6.45, 7) is 6.17. The molecule has 0 saturated heterocycles. The lowest BCUT2D eigenvalue weighted by Gasteiger charge is -2.17. The average Bonchev–Trinajstić information content (AvgIpc) is 2.46. The number of nitrogens with one attached hydrogen (secondary N) is 1. The van der Waals surface area contributed by atoms with E-state index in [1.165, 1.54) is 11.1 Å². The van der Waals surface area contributed by atoms with E-state index in [1.807, 2.05) is 31.2 Å². The Balaban J connectivity index is 0.00000264. The average molecular weight is 333 g/mol. The Kier molecular flexibility index (Phi) is 7.11. The van der Waals surface area contributed by atoms with E-state index in [2.05, 4.69) is 37.4 Å². The molecule has 0 spiro atoms. The zero-order chi connectivity index (χ0) is 16.1. The fourth-order valence-electron chi connectivity index (χ4n) is 2.71. The van der Waals surface area contributed by atoms with Gasteiger partial charge < -0.3 is 11.1 Å². The Hall–Kier alpha value is -2.00. The van der Waals surface area contributed by atoms with Gasteiger partial charge in [-0.2, -0.15) is 0 Å². The van der Waals surface area contributed by atoms with E-state index < -0.39 is 0 Å². The number of carbonyl (C=O) groups is 1. The van der Waals surface area contributed by atoms with Crippen LogP contribution in [0.4, 0.5) is 5.69 Å². The molecular weight excluding hydrogens is 308 g/mol. The number of rotatable bonds is 5. The van der Waals surface area contributed by atoms with E-state index in [1.54, 1.807) is 0 Å². The maximum absolute atomic E-state index is 12.1. The van der Waals surface area contributed by atoms with Crippen LogP contribution in [0, 0.1) is 13.8 Å². The first-order valence-electron chi connectivity index (χ1n) is 7.67. The number of nitrogen functional groups attached to an aromatic ring is 1. The Morgan fingerprint density at radius 2 is 1.87 bits per heavy atom. The van der Waals surface area contributed by atoms with Gasteiger partial charge in [-0.1, -0.05) is 42.0 Å². The van der Waals surface area contributed by atoms with Crippen LogP contribution in [0.15, 0.2) is 42.5 Å². The molecular formula is C19H25ClN2O. The third-order valence-corrected chi connectivity index (χ3v) is 3.95. The van der Waals surface area contributed by atoms with Crippen LogP contribution in [0.5, 0.6) is 0 Å². The van der Waals surface area contributed by atoms with Crippen molar-refractivity contribution in [3.05, 3.63) is 64.7 Å². The summed E-state index contributed by atoms with van der Waals surface area (Å²) in [6, 6.07) is 14.0. The Bertz CT molecular complexity index is 670. The summed E-state index contributed by atoms with van der Waals surface area (Å²) < 4.78 is 0. The van der Waals surface area contributed by atoms with Crippen LogP contribution in [-0.2, 0) is 11.2 Å². The molecule has 4 heteroatoms. The highest BCUT2D eigenvalue weighted by atomic mass is 35.5. The number of para-hydroxylation sites is 1. The monoisotopic (exact) mass is 332 g/mol. The lowest BCUT2D eigenvalue weighted by Crippen LogP contribution is -2.27.